The van der Waals surface area contributed by atoms with Crippen LogP contribution in [-0.2, 0) is 0 Å². The van der Waals surface area contributed by atoms with Crippen LogP contribution in [0.4, 0.5) is 0 Å². The van der Waals surface area contributed by atoms with Gasteiger partial charge in [0.2, 0.25) is 0 Å². The minimum Gasteiger partial charge on any atom is -0.495 e. The number of halogens is 1. The SMILES string of the molecule is CNCC(O)c1cccc(Br)c1OC. The van der Waals surface area contributed by atoms with E-state index in [1.807, 2.05) is 18.2 Å². The molecule has 0 aliphatic heterocycles. The van der Waals surface area contributed by atoms with E-state index in [9.17, 15) is 5.11 Å². The van der Waals surface area contributed by atoms with Crippen LogP contribution in [0.15, 0.2) is 22.7 Å². The lowest BCUT2D eigenvalue weighted by atomic mass is 10.1. The molecule has 0 fully saturated rings. The normalized spacial score (nSPS) is 12.6. The molecule has 0 aliphatic rings. The lowest BCUT2D eigenvalue weighted by molar-refractivity contribution is 0.173. The van der Waals surface area contributed by atoms with E-state index in [1.54, 1.807) is 14.2 Å². The van der Waals surface area contributed by atoms with Gasteiger partial charge in [0.1, 0.15) is 5.75 Å². The summed E-state index contributed by atoms with van der Waals surface area (Å²) in [5, 5.41) is 12.7. The van der Waals surface area contributed by atoms with Crippen LogP contribution in [0.5, 0.6) is 5.75 Å². The van der Waals surface area contributed by atoms with Gasteiger partial charge in [-0.2, -0.15) is 0 Å². The van der Waals surface area contributed by atoms with Crippen molar-refractivity contribution in [2.24, 2.45) is 0 Å². The molecule has 0 saturated heterocycles. The van der Waals surface area contributed by atoms with E-state index in [-0.39, 0.29) is 0 Å². The Balaban J connectivity index is 3.00. The Morgan fingerprint density at radius 2 is 2.29 bits per heavy atom. The van der Waals surface area contributed by atoms with Crippen LogP contribution in [0.2, 0.25) is 0 Å². The third-order valence-electron chi connectivity index (χ3n) is 1.96. The second kappa shape index (κ2) is 5.34. The number of hydrogen-bond donors (Lipinski definition) is 2. The van der Waals surface area contributed by atoms with Crippen molar-refractivity contribution in [1.82, 2.24) is 5.32 Å². The average Bonchev–Trinajstić information content (AvgIpc) is 2.17. The van der Waals surface area contributed by atoms with Gasteiger partial charge in [0.25, 0.3) is 0 Å². The monoisotopic (exact) mass is 259 g/mol. The van der Waals surface area contributed by atoms with Gasteiger partial charge in [-0.15, -0.1) is 0 Å². The van der Waals surface area contributed by atoms with Gasteiger partial charge in [0.15, 0.2) is 0 Å². The number of ether oxygens (including phenoxy) is 1. The quantitative estimate of drug-likeness (QED) is 0.866. The first-order chi connectivity index (χ1) is 6.70. The fourth-order valence-electron chi connectivity index (χ4n) is 1.31. The summed E-state index contributed by atoms with van der Waals surface area (Å²) in [7, 11) is 3.39. The predicted octanol–water partition coefficient (Wildman–Crippen LogP) is 1.71. The number of methoxy groups -OCH3 is 1. The molecule has 14 heavy (non-hydrogen) atoms. The molecule has 0 heterocycles. The Hall–Kier alpha value is -0.580. The first kappa shape index (κ1) is 11.5. The number of benzene rings is 1. The number of rotatable bonds is 4. The van der Waals surface area contributed by atoms with Crippen molar-refractivity contribution in [2.45, 2.75) is 6.10 Å². The number of aliphatic hydroxyl groups excluding tert-OH is 1. The van der Waals surface area contributed by atoms with Gasteiger partial charge in [-0.25, -0.2) is 0 Å². The molecule has 0 aromatic heterocycles. The third kappa shape index (κ3) is 2.47. The Morgan fingerprint density at radius 3 is 2.86 bits per heavy atom. The van der Waals surface area contributed by atoms with Gasteiger partial charge in [0, 0.05) is 12.1 Å². The summed E-state index contributed by atoms with van der Waals surface area (Å²) < 4.78 is 6.06. The molecule has 0 bridgehead atoms. The van der Waals surface area contributed by atoms with E-state index in [2.05, 4.69) is 21.2 Å². The second-order valence-electron chi connectivity index (χ2n) is 2.94. The maximum Gasteiger partial charge on any atom is 0.138 e. The smallest absolute Gasteiger partial charge is 0.138 e. The van der Waals surface area contributed by atoms with Gasteiger partial charge >= 0.3 is 0 Å². The number of aliphatic hydroxyl groups is 1. The Kier molecular flexibility index (Phi) is 4.38. The van der Waals surface area contributed by atoms with Crippen LogP contribution in [-0.4, -0.2) is 25.8 Å². The molecule has 0 spiro atoms. The van der Waals surface area contributed by atoms with Crippen LogP contribution in [0, 0.1) is 0 Å². The summed E-state index contributed by atoms with van der Waals surface area (Å²) in [6.07, 6.45) is -0.549. The van der Waals surface area contributed by atoms with Crippen LogP contribution in [0.25, 0.3) is 0 Å². The predicted molar refractivity (Wildman–Crippen MR) is 59.6 cm³/mol. The Bertz CT molecular complexity index is 304. The molecule has 1 rings (SSSR count). The first-order valence-corrected chi connectivity index (χ1v) is 5.15. The van der Waals surface area contributed by atoms with Crippen molar-refractivity contribution in [1.29, 1.82) is 0 Å². The highest BCUT2D eigenvalue weighted by Crippen LogP contribution is 2.32. The molecule has 78 valence electrons. The zero-order valence-electron chi connectivity index (χ0n) is 8.25. The van der Waals surface area contributed by atoms with Crippen molar-refractivity contribution < 1.29 is 9.84 Å². The lowest BCUT2D eigenvalue weighted by Crippen LogP contribution is -2.17. The van der Waals surface area contributed by atoms with Gasteiger partial charge in [-0.3, -0.25) is 0 Å². The molecular weight excluding hydrogens is 246 g/mol. The van der Waals surface area contributed by atoms with Crippen LogP contribution in [0.3, 0.4) is 0 Å². The van der Waals surface area contributed by atoms with Crippen molar-refractivity contribution in [2.75, 3.05) is 20.7 Å². The van der Waals surface area contributed by atoms with Gasteiger partial charge in [-0.05, 0) is 29.0 Å². The summed E-state index contributed by atoms with van der Waals surface area (Å²) in [5.74, 6) is 0.690. The summed E-state index contributed by atoms with van der Waals surface area (Å²) in [4.78, 5) is 0. The summed E-state index contributed by atoms with van der Waals surface area (Å²) in [6, 6.07) is 5.61. The fraction of sp³-hybridized carbons (Fsp3) is 0.400. The summed E-state index contributed by atoms with van der Waals surface area (Å²) >= 11 is 3.37. The fourth-order valence-corrected chi connectivity index (χ4v) is 1.85. The Morgan fingerprint density at radius 1 is 1.57 bits per heavy atom. The van der Waals surface area contributed by atoms with Crippen molar-refractivity contribution >= 4 is 15.9 Å². The van der Waals surface area contributed by atoms with E-state index < -0.39 is 6.10 Å². The van der Waals surface area contributed by atoms with E-state index >= 15 is 0 Å². The van der Waals surface area contributed by atoms with Crippen LogP contribution < -0.4 is 10.1 Å². The van der Waals surface area contributed by atoms with E-state index in [4.69, 9.17) is 4.74 Å². The second-order valence-corrected chi connectivity index (χ2v) is 3.79. The highest BCUT2D eigenvalue weighted by atomic mass is 79.9. The molecule has 0 radical (unpaired) electrons. The van der Waals surface area contributed by atoms with Gasteiger partial charge in [-0.1, -0.05) is 12.1 Å². The van der Waals surface area contributed by atoms with Crippen LogP contribution in [0.1, 0.15) is 11.7 Å². The highest BCUT2D eigenvalue weighted by Gasteiger charge is 2.14. The summed E-state index contributed by atoms with van der Waals surface area (Å²) in [5.41, 5.74) is 0.788. The minimum absolute atomic E-state index is 0.507. The van der Waals surface area contributed by atoms with E-state index in [1.165, 1.54) is 0 Å². The molecule has 0 aliphatic carbocycles. The zero-order valence-corrected chi connectivity index (χ0v) is 9.84. The van der Waals surface area contributed by atoms with Crippen molar-refractivity contribution in [3.8, 4) is 5.75 Å². The topological polar surface area (TPSA) is 41.5 Å². The minimum atomic E-state index is -0.549. The van der Waals surface area contributed by atoms with E-state index in [0.29, 0.717) is 12.3 Å². The van der Waals surface area contributed by atoms with Gasteiger partial charge in [0.05, 0.1) is 17.7 Å². The molecule has 1 atom stereocenters. The third-order valence-corrected chi connectivity index (χ3v) is 2.58. The van der Waals surface area contributed by atoms with Gasteiger partial charge < -0.3 is 15.2 Å². The number of likely N-dealkylation sites (N-methyl/N-ethyl adjacent to an activating group) is 1. The standard InChI is InChI=1S/C10H14BrNO2/c1-12-6-9(13)7-4-3-5-8(11)10(7)14-2/h3-5,9,12-13H,6H2,1-2H3. The molecule has 2 N–H and O–H groups in total. The highest BCUT2D eigenvalue weighted by molar-refractivity contribution is 9.10. The molecule has 1 aromatic carbocycles. The zero-order chi connectivity index (χ0) is 10.6. The number of nitrogens with one attached hydrogen (secondary N) is 1. The van der Waals surface area contributed by atoms with Crippen LogP contribution >= 0.6 is 15.9 Å². The van der Waals surface area contributed by atoms with Crippen molar-refractivity contribution in [3.05, 3.63) is 28.2 Å². The molecule has 4 heteroatoms. The molecule has 3 nitrogen and oxygen atoms in total. The average molecular weight is 260 g/mol. The lowest BCUT2D eigenvalue weighted by Gasteiger charge is -2.15. The maximum absolute atomic E-state index is 9.79. The molecule has 1 unspecified atom stereocenters. The van der Waals surface area contributed by atoms with E-state index in [0.717, 1.165) is 10.0 Å². The Labute approximate surface area is 92.2 Å². The number of para-hydroxylation sites is 1. The first-order valence-electron chi connectivity index (χ1n) is 4.35. The maximum atomic E-state index is 9.79. The van der Waals surface area contributed by atoms with Crippen molar-refractivity contribution in [3.63, 3.8) is 0 Å². The molecule has 1 aromatic rings. The molecule has 0 amide bonds. The summed E-state index contributed by atoms with van der Waals surface area (Å²) in [6.45, 7) is 0.507. The molecular formula is C10H14BrNO2. The molecule has 0 saturated carbocycles. The largest absolute Gasteiger partial charge is 0.495 e. The number of hydrogen-bond acceptors (Lipinski definition) is 3.